The Morgan fingerprint density at radius 2 is 2.21 bits per heavy atom. The summed E-state index contributed by atoms with van der Waals surface area (Å²) in [5, 5.41) is 14.1. The zero-order chi connectivity index (χ0) is 13.2. The van der Waals surface area contributed by atoms with E-state index in [-0.39, 0.29) is 6.61 Å². The van der Waals surface area contributed by atoms with E-state index in [1.165, 1.54) is 19.3 Å². The number of rotatable bonds is 5. The third kappa shape index (κ3) is 2.56. The number of pyridine rings is 1. The van der Waals surface area contributed by atoms with E-state index in [0.717, 1.165) is 28.2 Å². The van der Waals surface area contributed by atoms with Crippen LogP contribution in [0, 0.1) is 5.92 Å². The van der Waals surface area contributed by atoms with Crippen LogP contribution in [0.1, 0.15) is 31.7 Å². The molecule has 2 atom stereocenters. The highest BCUT2D eigenvalue weighted by Gasteiger charge is 2.36. The average Bonchev–Trinajstić information content (AvgIpc) is 3.16. The van der Waals surface area contributed by atoms with Gasteiger partial charge in [-0.05, 0) is 30.9 Å². The number of hydrogen-bond acceptors (Lipinski definition) is 3. The largest absolute Gasteiger partial charge is 0.392 e. The van der Waals surface area contributed by atoms with E-state index in [9.17, 15) is 5.11 Å². The van der Waals surface area contributed by atoms with Gasteiger partial charge in [0.2, 0.25) is 0 Å². The molecular formula is C16H20N2O. The molecule has 0 aliphatic heterocycles. The van der Waals surface area contributed by atoms with Crippen molar-refractivity contribution < 1.29 is 5.11 Å². The number of nitrogens with zero attached hydrogens (tertiary/aromatic N) is 1. The van der Waals surface area contributed by atoms with Crippen LogP contribution in [0.4, 0.5) is 5.82 Å². The summed E-state index contributed by atoms with van der Waals surface area (Å²) in [6.07, 6.45) is 3.74. The van der Waals surface area contributed by atoms with Crippen molar-refractivity contribution in [1.82, 2.24) is 4.98 Å². The van der Waals surface area contributed by atoms with Crippen LogP contribution in [-0.4, -0.2) is 16.1 Å². The first-order chi connectivity index (χ1) is 9.31. The molecule has 1 heterocycles. The second kappa shape index (κ2) is 5.17. The molecular weight excluding hydrogens is 236 g/mol. The number of aliphatic hydroxyl groups is 1. The Kier molecular flexibility index (Phi) is 3.38. The molecule has 0 amide bonds. The van der Waals surface area contributed by atoms with Crippen LogP contribution in [0.3, 0.4) is 0 Å². The summed E-state index contributed by atoms with van der Waals surface area (Å²) in [6, 6.07) is 10.6. The van der Waals surface area contributed by atoms with Gasteiger partial charge in [0.1, 0.15) is 5.82 Å². The van der Waals surface area contributed by atoms with E-state index in [1.54, 1.807) is 0 Å². The van der Waals surface area contributed by atoms with Gasteiger partial charge in [-0.1, -0.05) is 31.5 Å². The molecule has 2 N–H and O–H groups in total. The van der Waals surface area contributed by atoms with Crippen molar-refractivity contribution in [3.63, 3.8) is 0 Å². The maximum Gasteiger partial charge on any atom is 0.132 e. The summed E-state index contributed by atoms with van der Waals surface area (Å²) in [7, 11) is 0. The van der Waals surface area contributed by atoms with Crippen LogP contribution in [0.2, 0.25) is 0 Å². The first kappa shape index (κ1) is 12.4. The molecule has 2 unspecified atom stereocenters. The molecule has 1 saturated carbocycles. The highest BCUT2D eigenvalue weighted by Crippen LogP contribution is 2.37. The highest BCUT2D eigenvalue weighted by molar-refractivity contribution is 5.81. The number of hydrogen-bond donors (Lipinski definition) is 2. The van der Waals surface area contributed by atoms with Crippen LogP contribution in [0.15, 0.2) is 30.3 Å². The molecule has 0 spiro atoms. The molecule has 3 nitrogen and oxygen atoms in total. The topological polar surface area (TPSA) is 45.2 Å². The molecule has 2 aromatic rings. The summed E-state index contributed by atoms with van der Waals surface area (Å²) in [4.78, 5) is 4.65. The fourth-order valence-corrected chi connectivity index (χ4v) is 2.70. The van der Waals surface area contributed by atoms with Gasteiger partial charge >= 0.3 is 0 Å². The lowest BCUT2D eigenvalue weighted by Gasteiger charge is -2.11. The maximum atomic E-state index is 9.50. The third-order valence-electron chi connectivity index (χ3n) is 3.88. The smallest absolute Gasteiger partial charge is 0.132 e. The molecule has 3 heteroatoms. The number of anilines is 1. The van der Waals surface area contributed by atoms with Crippen LogP contribution < -0.4 is 5.32 Å². The van der Waals surface area contributed by atoms with E-state index in [1.807, 2.05) is 30.3 Å². The normalized spacial score (nSPS) is 21.6. The van der Waals surface area contributed by atoms with Crippen molar-refractivity contribution in [2.45, 2.75) is 38.8 Å². The standard InChI is InChI=1S/C16H20N2O/c1-2-5-11-9-15(11)18-16-13(10-19)8-12-6-3-4-7-14(12)17-16/h3-4,6-8,11,15,19H,2,5,9-10H2,1H3,(H,17,18). The van der Waals surface area contributed by atoms with Gasteiger partial charge < -0.3 is 10.4 Å². The van der Waals surface area contributed by atoms with E-state index < -0.39 is 0 Å². The Hall–Kier alpha value is -1.61. The molecule has 1 aliphatic carbocycles. The van der Waals surface area contributed by atoms with E-state index >= 15 is 0 Å². The lowest BCUT2D eigenvalue weighted by molar-refractivity contribution is 0.282. The SMILES string of the molecule is CCCC1CC1Nc1nc2ccccc2cc1CO. The number of para-hydroxylation sites is 1. The van der Waals surface area contributed by atoms with Crippen LogP contribution in [0.25, 0.3) is 10.9 Å². The molecule has 1 aromatic carbocycles. The van der Waals surface area contributed by atoms with Gasteiger partial charge in [0.05, 0.1) is 12.1 Å². The molecule has 1 aromatic heterocycles. The Morgan fingerprint density at radius 3 is 3.00 bits per heavy atom. The van der Waals surface area contributed by atoms with Crippen molar-refractivity contribution in [2.75, 3.05) is 5.32 Å². The predicted molar refractivity (Wildman–Crippen MR) is 78.1 cm³/mol. The van der Waals surface area contributed by atoms with Crippen molar-refractivity contribution in [3.05, 3.63) is 35.9 Å². The van der Waals surface area contributed by atoms with Crippen molar-refractivity contribution in [1.29, 1.82) is 0 Å². The summed E-state index contributed by atoms with van der Waals surface area (Å²) < 4.78 is 0. The number of benzene rings is 1. The van der Waals surface area contributed by atoms with Gasteiger partial charge in [-0.2, -0.15) is 0 Å². The van der Waals surface area contributed by atoms with Crippen LogP contribution in [0.5, 0.6) is 0 Å². The van der Waals surface area contributed by atoms with Crippen molar-refractivity contribution in [2.24, 2.45) is 5.92 Å². The number of aliphatic hydroxyl groups excluding tert-OH is 1. The van der Waals surface area contributed by atoms with Crippen molar-refractivity contribution in [3.8, 4) is 0 Å². The van der Waals surface area contributed by atoms with Crippen molar-refractivity contribution >= 4 is 16.7 Å². The molecule has 1 aliphatic rings. The second-order valence-corrected chi connectivity index (χ2v) is 5.38. The van der Waals surface area contributed by atoms with Crippen LogP contribution in [-0.2, 0) is 6.61 Å². The molecule has 0 saturated heterocycles. The summed E-state index contributed by atoms with van der Waals surface area (Å²) in [6.45, 7) is 2.26. The Morgan fingerprint density at radius 1 is 1.37 bits per heavy atom. The Labute approximate surface area is 113 Å². The molecule has 100 valence electrons. The van der Waals surface area contributed by atoms with Gasteiger partial charge in [0.15, 0.2) is 0 Å². The Balaban J connectivity index is 1.85. The van der Waals surface area contributed by atoms with Gasteiger partial charge in [0.25, 0.3) is 0 Å². The molecule has 3 rings (SSSR count). The van der Waals surface area contributed by atoms with Gasteiger partial charge in [-0.25, -0.2) is 4.98 Å². The maximum absolute atomic E-state index is 9.50. The van der Waals surface area contributed by atoms with E-state index in [0.29, 0.717) is 6.04 Å². The first-order valence-electron chi connectivity index (χ1n) is 7.08. The highest BCUT2D eigenvalue weighted by atomic mass is 16.3. The minimum atomic E-state index is 0.0331. The molecule has 0 bridgehead atoms. The van der Waals surface area contributed by atoms with Gasteiger partial charge in [-0.3, -0.25) is 0 Å². The lowest BCUT2D eigenvalue weighted by Crippen LogP contribution is -2.09. The lowest BCUT2D eigenvalue weighted by atomic mass is 10.1. The number of fused-ring (bicyclic) bond motifs is 1. The predicted octanol–water partition coefficient (Wildman–Crippen LogP) is 3.33. The first-order valence-corrected chi connectivity index (χ1v) is 7.08. The molecule has 1 fully saturated rings. The van der Waals surface area contributed by atoms with Gasteiger partial charge in [-0.15, -0.1) is 0 Å². The van der Waals surface area contributed by atoms with E-state index in [2.05, 4.69) is 17.2 Å². The number of nitrogens with one attached hydrogen (secondary N) is 1. The third-order valence-corrected chi connectivity index (χ3v) is 3.88. The zero-order valence-corrected chi connectivity index (χ0v) is 11.3. The number of aromatic nitrogens is 1. The van der Waals surface area contributed by atoms with E-state index in [4.69, 9.17) is 0 Å². The molecule has 0 radical (unpaired) electrons. The minimum Gasteiger partial charge on any atom is -0.392 e. The Bertz CT molecular complexity index is 582. The van der Waals surface area contributed by atoms with Gasteiger partial charge in [0, 0.05) is 17.0 Å². The summed E-state index contributed by atoms with van der Waals surface area (Å²) >= 11 is 0. The monoisotopic (exact) mass is 256 g/mol. The zero-order valence-electron chi connectivity index (χ0n) is 11.3. The summed E-state index contributed by atoms with van der Waals surface area (Å²) in [5.74, 6) is 1.63. The molecule has 19 heavy (non-hydrogen) atoms. The minimum absolute atomic E-state index is 0.0331. The summed E-state index contributed by atoms with van der Waals surface area (Å²) in [5.41, 5.74) is 1.87. The van der Waals surface area contributed by atoms with Crippen LogP contribution >= 0.6 is 0 Å². The second-order valence-electron chi connectivity index (χ2n) is 5.38. The fourth-order valence-electron chi connectivity index (χ4n) is 2.70. The average molecular weight is 256 g/mol. The fraction of sp³-hybridized carbons (Fsp3) is 0.438. The quantitative estimate of drug-likeness (QED) is 0.862.